The van der Waals surface area contributed by atoms with Crippen molar-refractivity contribution in [3.8, 4) is 28.4 Å². The molecule has 174 valence electrons. The predicted molar refractivity (Wildman–Crippen MR) is 129 cm³/mol. The van der Waals surface area contributed by atoms with E-state index in [0.717, 1.165) is 16.9 Å². The summed E-state index contributed by atoms with van der Waals surface area (Å²) in [7, 11) is 4.75. The van der Waals surface area contributed by atoms with Crippen LogP contribution in [0.3, 0.4) is 0 Å². The number of carbonyl (C=O) groups excluding carboxylic acids is 2. The summed E-state index contributed by atoms with van der Waals surface area (Å²) in [6.07, 6.45) is 0.755. The van der Waals surface area contributed by atoms with E-state index in [1.165, 1.54) is 11.3 Å². The van der Waals surface area contributed by atoms with Gasteiger partial charge in [-0.2, -0.15) is 0 Å². The summed E-state index contributed by atoms with van der Waals surface area (Å²) >= 11 is 1.30. The van der Waals surface area contributed by atoms with Crippen molar-refractivity contribution < 1.29 is 28.5 Å². The Morgan fingerprint density at radius 2 is 1.67 bits per heavy atom. The smallest absolute Gasteiger partial charge is 0.341 e. The monoisotopic (exact) mass is 469 g/mol. The molecule has 0 bridgehead atoms. The number of benzene rings is 2. The quantitative estimate of drug-likeness (QED) is 0.412. The van der Waals surface area contributed by atoms with Gasteiger partial charge >= 0.3 is 5.97 Å². The van der Waals surface area contributed by atoms with Gasteiger partial charge in [-0.25, -0.2) is 4.79 Å². The molecule has 8 heteroatoms. The Balaban J connectivity index is 1.77. The maximum atomic E-state index is 12.7. The van der Waals surface area contributed by atoms with Gasteiger partial charge in [-0.1, -0.05) is 18.2 Å². The van der Waals surface area contributed by atoms with Gasteiger partial charge in [0.25, 0.3) is 0 Å². The topological polar surface area (TPSA) is 83.1 Å². The number of methoxy groups -OCH3 is 3. The van der Waals surface area contributed by atoms with Crippen LogP contribution in [0.2, 0.25) is 0 Å². The van der Waals surface area contributed by atoms with Gasteiger partial charge in [-0.05, 0) is 48.7 Å². The van der Waals surface area contributed by atoms with E-state index in [2.05, 4.69) is 5.32 Å². The molecule has 1 heterocycles. The molecular formula is C25H27NO6S. The number of esters is 1. The van der Waals surface area contributed by atoms with E-state index in [0.29, 0.717) is 34.0 Å². The Hall–Kier alpha value is -3.52. The van der Waals surface area contributed by atoms with Crippen LogP contribution in [0.4, 0.5) is 5.00 Å². The zero-order valence-electron chi connectivity index (χ0n) is 19.1. The highest BCUT2D eigenvalue weighted by molar-refractivity contribution is 7.15. The fourth-order valence-corrected chi connectivity index (χ4v) is 4.30. The molecule has 2 aromatic carbocycles. The molecule has 0 radical (unpaired) electrons. The first-order valence-corrected chi connectivity index (χ1v) is 11.3. The number of hydrogen-bond acceptors (Lipinski definition) is 7. The third kappa shape index (κ3) is 5.84. The lowest BCUT2D eigenvalue weighted by molar-refractivity contribution is -0.116. The Morgan fingerprint density at radius 3 is 2.30 bits per heavy atom. The van der Waals surface area contributed by atoms with Crippen molar-refractivity contribution in [1.29, 1.82) is 0 Å². The number of nitrogens with one attached hydrogen (secondary N) is 1. The van der Waals surface area contributed by atoms with Crippen LogP contribution in [-0.2, 0) is 16.0 Å². The van der Waals surface area contributed by atoms with E-state index in [9.17, 15) is 9.59 Å². The lowest BCUT2D eigenvalue weighted by Crippen LogP contribution is -2.15. The number of carbonyl (C=O) groups is 2. The largest absolute Gasteiger partial charge is 0.497 e. The van der Waals surface area contributed by atoms with Gasteiger partial charge in [-0.15, -0.1) is 11.3 Å². The Bertz CT molecular complexity index is 1110. The van der Waals surface area contributed by atoms with Crippen molar-refractivity contribution in [2.45, 2.75) is 19.8 Å². The summed E-state index contributed by atoms with van der Waals surface area (Å²) in [5.41, 5.74) is 2.84. The molecule has 1 N–H and O–H groups in total. The van der Waals surface area contributed by atoms with E-state index in [1.807, 2.05) is 47.8 Å². The van der Waals surface area contributed by atoms with E-state index in [1.54, 1.807) is 28.3 Å². The minimum absolute atomic E-state index is 0.196. The Labute approximate surface area is 197 Å². The van der Waals surface area contributed by atoms with Crippen molar-refractivity contribution in [2.75, 3.05) is 33.3 Å². The van der Waals surface area contributed by atoms with Gasteiger partial charge in [0.15, 0.2) is 11.5 Å². The molecular weight excluding hydrogens is 442 g/mol. The first-order chi connectivity index (χ1) is 16.0. The first-order valence-electron chi connectivity index (χ1n) is 10.4. The summed E-state index contributed by atoms with van der Waals surface area (Å²) in [5, 5.41) is 5.20. The van der Waals surface area contributed by atoms with Gasteiger partial charge in [0.1, 0.15) is 16.3 Å². The maximum Gasteiger partial charge on any atom is 0.341 e. The molecule has 0 aliphatic rings. The van der Waals surface area contributed by atoms with Crippen LogP contribution in [-0.4, -0.2) is 39.8 Å². The molecule has 0 saturated heterocycles. The van der Waals surface area contributed by atoms with Crippen LogP contribution in [0.1, 0.15) is 29.3 Å². The third-order valence-electron chi connectivity index (χ3n) is 5.01. The third-order valence-corrected chi connectivity index (χ3v) is 5.91. The molecule has 1 aromatic heterocycles. The fraction of sp³-hybridized carbons (Fsp3) is 0.280. The zero-order valence-corrected chi connectivity index (χ0v) is 19.9. The normalized spacial score (nSPS) is 10.4. The van der Waals surface area contributed by atoms with Crippen LogP contribution >= 0.6 is 11.3 Å². The standard InChI is InChI=1S/C25H27NO6S/c1-5-32-25(28)23-19(17-8-10-18(29-2)11-9-17)15-33-24(23)26-22(27)13-7-16-6-12-20(30-3)21(14-16)31-4/h6,8-12,14-15H,5,7,13H2,1-4H3,(H,26,27). The lowest BCUT2D eigenvalue weighted by Gasteiger charge is -2.10. The highest BCUT2D eigenvalue weighted by atomic mass is 32.1. The SMILES string of the molecule is CCOC(=O)c1c(-c2ccc(OC)cc2)csc1NC(=O)CCc1ccc(OC)c(OC)c1. The molecule has 7 nitrogen and oxygen atoms in total. The average molecular weight is 470 g/mol. The molecule has 0 spiro atoms. The van der Waals surface area contributed by atoms with Crippen molar-refractivity contribution >= 4 is 28.2 Å². The molecule has 0 saturated carbocycles. The van der Waals surface area contributed by atoms with Crippen LogP contribution in [0.25, 0.3) is 11.1 Å². The van der Waals surface area contributed by atoms with Crippen molar-refractivity contribution in [3.63, 3.8) is 0 Å². The van der Waals surface area contributed by atoms with Crippen molar-refractivity contribution in [2.24, 2.45) is 0 Å². The Morgan fingerprint density at radius 1 is 0.939 bits per heavy atom. The second-order valence-corrected chi connectivity index (χ2v) is 7.92. The van der Waals surface area contributed by atoms with Crippen molar-refractivity contribution in [3.05, 3.63) is 59.0 Å². The maximum absolute atomic E-state index is 12.7. The highest BCUT2D eigenvalue weighted by Gasteiger charge is 2.23. The summed E-state index contributed by atoms with van der Waals surface area (Å²) in [4.78, 5) is 25.4. The molecule has 0 fully saturated rings. The van der Waals surface area contributed by atoms with Crippen LogP contribution in [0.5, 0.6) is 17.2 Å². The summed E-state index contributed by atoms with van der Waals surface area (Å²) in [6, 6.07) is 12.9. The van der Waals surface area contributed by atoms with Gasteiger partial charge in [-0.3, -0.25) is 4.79 Å². The molecule has 3 aromatic rings. The van der Waals surface area contributed by atoms with E-state index in [-0.39, 0.29) is 18.9 Å². The second-order valence-electron chi connectivity index (χ2n) is 7.04. The van der Waals surface area contributed by atoms with Gasteiger partial charge < -0.3 is 24.3 Å². The van der Waals surface area contributed by atoms with Gasteiger partial charge in [0.2, 0.25) is 5.91 Å². The molecule has 0 atom stereocenters. The number of anilines is 1. The lowest BCUT2D eigenvalue weighted by atomic mass is 10.0. The van der Waals surface area contributed by atoms with Crippen molar-refractivity contribution in [1.82, 2.24) is 0 Å². The van der Waals surface area contributed by atoms with Crippen LogP contribution in [0, 0.1) is 0 Å². The van der Waals surface area contributed by atoms with Gasteiger partial charge in [0, 0.05) is 17.4 Å². The van der Waals surface area contributed by atoms with E-state index >= 15 is 0 Å². The first kappa shape index (κ1) is 24.1. The molecule has 0 unspecified atom stereocenters. The minimum Gasteiger partial charge on any atom is -0.497 e. The number of aryl methyl sites for hydroxylation is 1. The number of ether oxygens (including phenoxy) is 4. The molecule has 0 aliphatic carbocycles. The fourth-order valence-electron chi connectivity index (χ4n) is 3.32. The summed E-state index contributed by atoms with van der Waals surface area (Å²) < 4.78 is 21.0. The van der Waals surface area contributed by atoms with E-state index < -0.39 is 5.97 Å². The number of thiophene rings is 1. The molecule has 3 rings (SSSR count). The average Bonchev–Trinajstić information content (AvgIpc) is 3.26. The van der Waals surface area contributed by atoms with E-state index in [4.69, 9.17) is 18.9 Å². The molecule has 0 aliphatic heterocycles. The minimum atomic E-state index is -0.472. The Kier molecular flexibility index (Phi) is 8.32. The summed E-state index contributed by atoms with van der Waals surface area (Å²) in [5.74, 6) is 1.30. The summed E-state index contributed by atoms with van der Waals surface area (Å²) in [6.45, 7) is 1.99. The zero-order chi connectivity index (χ0) is 23.8. The highest BCUT2D eigenvalue weighted by Crippen LogP contribution is 2.37. The van der Waals surface area contributed by atoms with Gasteiger partial charge in [0.05, 0.1) is 27.9 Å². The predicted octanol–water partition coefficient (Wildman–Crippen LogP) is 5.19. The van der Waals surface area contributed by atoms with Crippen LogP contribution < -0.4 is 19.5 Å². The van der Waals surface area contributed by atoms with Crippen LogP contribution in [0.15, 0.2) is 47.8 Å². The molecule has 33 heavy (non-hydrogen) atoms. The second kappa shape index (κ2) is 11.4. The number of amides is 1. The number of hydrogen-bond donors (Lipinski definition) is 1. The number of rotatable bonds is 10. The molecule has 1 amide bonds.